The number of nitrogens with zero attached hydrogens (tertiary/aromatic N) is 3. The summed E-state index contributed by atoms with van der Waals surface area (Å²) in [4.78, 5) is 0. The Morgan fingerprint density at radius 3 is 1.85 bits per heavy atom. The van der Waals surface area contributed by atoms with E-state index in [0.29, 0.717) is 53.3 Å². The van der Waals surface area contributed by atoms with E-state index in [4.69, 9.17) is 17.8 Å². The highest BCUT2D eigenvalue weighted by molar-refractivity contribution is 7.82. The Kier molecular flexibility index (Phi) is 16.1. The van der Waals surface area contributed by atoms with Crippen LogP contribution in [0, 0.1) is 13.8 Å². The average Bonchev–Trinajstić information content (AvgIpc) is 3.71. The van der Waals surface area contributed by atoms with Gasteiger partial charge in [-0.3, -0.25) is 14.5 Å². The van der Waals surface area contributed by atoms with Crippen LogP contribution in [0.5, 0.6) is 23.0 Å². The maximum absolute atomic E-state index is 13.4. The number of aromatic amines is 1. The molecule has 2 unspecified atom stereocenters. The van der Waals surface area contributed by atoms with Crippen LogP contribution in [0.25, 0.3) is 17.0 Å². The van der Waals surface area contributed by atoms with Gasteiger partial charge in [-0.2, -0.15) is 8.42 Å². The summed E-state index contributed by atoms with van der Waals surface area (Å²) in [7, 11) is 0. The fraction of sp³-hybridized carbons (Fsp3) is 0.450. The molecule has 3 N–H and O–H groups in total. The Morgan fingerprint density at radius 1 is 0.630 bits per heavy atom. The van der Waals surface area contributed by atoms with E-state index in [0.717, 1.165) is 48.9 Å². The molecule has 3 aromatic carbocycles. The molecular weight excluding hydrogens is 725 g/mol. The minimum absolute atomic E-state index is 0.213. The van der Waals surface area contributed by atoms with Gasteiger partial charge in [0.1, 0.15) is 0 Å². The molecule has 14 heteroatoms. The molecule has 0 bridgehead atoms. The summed E-state index contributed by atoms with van der Waals surface area (Å²) in [6.45, 7) is 9.33. The summed E-state index contributed by atoms with van der Waals surface area (Å²) in [6, 6.07) is 19.9. The van der Waals surface area contributed by atoms with Gasteiger partial charge in [0.2, 0.25) is 0 Å². The normalized spacial score (nSPS) is 12.4. The third-order valence-electron chi connectivity index (χ3n) is 8.73. The van der Waals surface area contributed by atoms with E-state index in [2.05, 4.69) is 38.6 Å². The van der Waals surface area contributed by atoms with Crippen LogP contribution in [0.2, 0.25) is 0 Å². The molecule has 292 valence electrons. The number of nitrogens with one attached hydrogen (secondary N) is 3. The number of H-pyrrole nitrogens is 1. The number of anilines is 2. The van der Waals surface area contributed by atoms with E-state index in [1.807, 2.05) is 50.2 Å². The Balaban J connectivity index is 1.24. The van der Waals surface area contributed by atoms with Crippen molar-refractivity contribution in [3.8, 4) is 34.4 Å². The second-order valence-corrected chi connectivity index (χ2v) is 15.1. The molecule has 0 radical (unpaired) electrons. The van der Waals surface area contributed by atoms with Crippen LogP contribution in [0.15, 0.2) is 66.7 Å². The van der Waals surface area contributed by atoms with Crippen molar-refractivity contribution < 1.29 is 26.3 Å². The molecule has 2 heterocycles. The van der Waals surface area contributed by atoms with E-state index < -0.39 is 22.5 Å². The number of benzene rings is 3. The van der Waals surface area contributed by atoms with E-state index >= 15 is 0 Å². The lowest BCUT2D eigenvalue weighted by Crippen LogP contribution is -2.14. The largest absolute Gasteiger partial charge is 0.490 e. The SMILES string of the molecule is CCCCCCCCOc1ccc(C)cc1OS(=O)Nc1ccc(OCCCCCCCC)c(OS(=O)Nc2cccc(-c3nnc4cc(C)[nH]n34)c2)c1. The first-order chi connectivity index (χ1) is 26.3. The van der Waals surface area contributed by atoms with Crippen LogP contribution in [0.4, 0.5) is 11.4 Å². The number of rotatable bonds is 25. The van der Waals surface area contributed by atoms with Crippen LogP contribution in [-0.4, -0.2) is 41.4 Å². The predicted octanol–water partition coefficient (Wildman–Crippen LogP) is 9.96. The van der Waals surface area contributed by atoms with E-state index in [-0.39, 0.29) is 5.75 Å². The molecule has 0 spiro atoms. The molecule has 0 fully saturated rings. The highest BCUT2D eigenvalue weighted by atomic mass is 32.2. The number of unbranched alkanes of at least 4 members (excludes halogenated alkanes) is 10. The summed E-state index contributed by atoms with van der Waals surface area (Å²) in [5.41, 5.74) is 4.36. The highest BCUT2D eigenvalue weighted by Crippen LogP contribution is 2.34. The Morgan fingerprint density at radius 2 is 1.20 bits per heavy atom. The second-order valence-electron chi connectivity index (χ2n) is 13.4. The summed E-state index contributed by atoms with van der Waals surface area (Å²) in [5.74, 6) is 2.17. The zero-order valence-corrected chi connectivity index (χ0v) is 33.5. The molecule has 54 heavy (non-hydrogen) atoms. The fourth-order valence-electron chi connectivity index (χ4n) is 5.89. The molecule has 2 aromatic heterocycles. The number of aryl methyl sites for hydroxylation is 2. The Labute approximate surface area is 324 Å². The van der Waals surface area contributed by atoms with Gasteiger partial charge in [0.25, 0.3) is 0 Å². The van der Waals surface area contributed by atoms with Gasteiger partial charge in [-0.05, 0) is 68.7 Å². The average molecular weight is 779 g/mol. The first-order valence-electron chi connectivity index (χ1n) is 19.1. The van der Waals surface area contributed by atoms with Gasteiger partial charge in [0.15, 0.2) is 34.5 Å². The maximum Gasteiger partial charge on any atom is 0.316 e. The molecule has 2 atom stereocenters. The third kappa shape index (κ3) is 12.5. The third-order valence-corrected chi connectivity index (χ3v) is 10.2. The van der Waals surface area contributed by atoms with Crippen molar-refractivity contribution in [2.24, 2.45) is 0 Å². The Hall–Kier alpha value is -4.56. The van der Waals surface area contributed by atoms with Crippen molar-refractivity contribution in [3.63, 3.8) is 0 Å². The van der Waals surface area contributed by atoms with Crippen molar-refractivity contribution in [3.05, 3.63) is 78.0 Å². The molecule has 0 amide bonds. The van der Waals surface area contributed by atoms with Crippen LogP contribution < -0.4 is 27.3 Å². The van der Waals surface area contributed by atoms with Crippen molar-refractivity contribution in [2.75, 3.05) is 22.7 Å². The highest BCUT2D eigenvalue weighted by Gasteiger charge is 2.16. The quantitative estimate of drug-likeness (QED) is 0.0498. The number of hydrogen-bond donors (Lipinski definition) is 3. The molecule has 0 saturated heterocycles. The van der Waals surface area contributed by atoms with E-state index in [9.17, 15) is 8.42 Å². The number of fused-ring (bicyclic) bond motifs is 1. The second kappa shape index (κ2) is 21.4. The predicted molar refractivity (Wildman–Crippen MR) is 218 cm³/mol. The monoisotopic (exact) mass is 778 g/mol. The van der Waals surface area contributed by atoms with Gasteiger partial charge in [0, 0.05) is 23.4 Å². The van der Waals surface area contributed by atoms with E-state index in [1.54, 1.807) is 34.8 Å². The van der Waals surface area contributed by atoms with Crippen LogP contribution in [0.3, 0.4) is 0 Å². The van der Waals surface area contributed by atoms with Crippen molar-refractivity contribution in [1.29, 1.82) is 0 Å². The summed E-state index contributed by atoms with van der Waals surface area (Å²) < 4.78 is 58.2. The number of aromatic nitrogens is 4. The van der Waals surface area contributed by atoms with Gasteiger partial charge in [0.05, 0.1) is 24.6 Å². The summed E-state index contributed by atoms with van der Waals surface area (Å²) in [6.07, 6.45) is 13.7. The first kappa shape index (κ1) is 40.6. The molecule has 0 aliphatic heterocycles. The Bertz CT molecular complexity index is 1960. The first-order valence-corrected chi connectivity index (χ1v) is 21.2. The van der Waals surface area contributed by atoms with Crippen LogP contribution in [0.1, 0.15) is 102 Å². The molecule has 0 aliphatic rings. The van der Waals surface area contributed by atoms with Gasteiger partial charge >= 0.3 is 22.5 Å². The molecule has 12 nitrogen and oxygen atoms in total. The molecule has 0 aliphatic carbocycles. The topological polar surface area (TPSA) is 141 Å². The fourth-order valence-corrected chi connectivity index (χ4v) is 7.20. The standard InChI is InChI=1S/C40H54N6O6S2/c1-5-7-9-11-13-15-24-49-35-22-20-30(3)26-37(35)51-54(48)45-34-21-23-36(50-25-16-14-12-10-8-6-2)38(29-34)52-53(47)44-33-19-17-18-32(28-33)40-42-41-39-27-31(4)43-46(39)40/h17-23,26-29,43-45H,5-16,24-25H2,1-4H3. The smallest absolute Gasteiger partial charge is 0.316 e. The van der Waals surface area contributed by atoms with Gasteiger partial charge in [-0.15, -0.1) is 10.2 Å². The van der Waals surface area contributed by atoms with Crippen LogP contribution in [-0.2, 0) is 22.5 Å². The van der Waals surface area contributed by atoms with Gasteiger partial charge < -0.3 is 17.8 Å². The summed E-state index contributed by atoms with van der Waals surface area (Å²) in [5, 5.41) is 11.7. The van der Waals surface area contributed by atoms with Gasteiger partial charge in [-0.25, -0.2) is 4.52 Å². The van der Waals surface area contributed by atoms with Gasteiger partial charge in [-0.1, -0.05) is 96.3 Å². The number of hydrogen-bond acceptors (Lipinski definition) is 8. The van der Waals surface area contributed by atoms with Crippen LogP contribution >= 0.6 is 0 Å². The van der Waals surface area contributed by atoms with Crippen molar-refractivity contribution >= 4 is 39.6 Å². The lowest BCUT2D eigenvalue weighted by atomic mass is 10.1. The minimum Gasteiger partial charge on any atom is -0.490 e. The maximum atomic E-state index is 13.4. The zero-order chi connectivity index (χ0) is 38.1. The lowest BCUT2D eigenvalue weighted by Gasteiger charge is -2.15. The summed E-state index contributed by atoms with van der Waals surface area (Å²) >= 11 is -4.00. The molecular formula is C40H54N6O6S2. The molecule has 0 saturated carbocycles. The lowest BCUT2D eigenvalue weighted by molar-refractivity contribution is 0.296. The van der Waals surface area contributed by atoms with Crippen molar-refractivity contribution in [2.45, 2.75) is 105 Å². The number of ether oxygens (including phenoxy) is 2. The molecule has 5 aromatic rings. The van der Waals surface area contributed by atoms with E-state index in [1.165, 1.54) is 44.9 Å². The zero-order valence-electron chi connectivity index (χ0n) is 31.9. The molecule has 5 rings (SSSR count). The minimum atomic E-state index is -2.02. The van der Waals surface area contributed by atoms with Crippen molar-refractivity contribution in [1.82, 2.24) is 19.8 Å².